The first-order valence-corrected chi connectivity index (χ1v) is 8.38. The minimum Gasteiger partial charge on any atom is -0.465 e. The molecule has 2 aromatic rings. The Balaban J connectivity index is 1.96. The SMILES string of the molecule is CC(C)(C)N(C(=O)O)C1CCN(c2nc(C#N)cc3ccccc23)C1. The van der Waals surface area contributed by atoms with Crippen molar-refractivity contribution < 1.29 is 9.90 Å². The predicted octanol–water partition coefficient (Wildman–Crippen LogP) is 3.46. The third kappa shape index (κ3) is 3.22. The number of carbonyl (C=O) groups is 1. The lowest BCUT2D eigenvalue weighted by atomic mass is 10.0. The van der Waals surface area contributed by atoms with Gasteiger partial charge in [-0.15, -0.1) is 0 Å². The third-order valence-corrected chi connectivity index (χ3v) is 4.59. The van der Waals surface area contributed by atoms with E-state index < -0.39 is 11.6 Å². The van der Waals surface area contributed by atoms with Crippen molar-refractivity contribution in [3.05, 3.63) is 36.0 Å². The molecule has 1 aromatic heterocycles. The number of aromatic nitrogens is 1. The van der Waals surface area contributed by atoms with Crippen LogP contribution < -0.4 is 4.90 Å². The van der Waals surface area contributed by atoms with Crippen molar-refractivity contribution in [3.8, 4) is 6.07 Å². The lowest BCUT2D eigenvalue weighted by Crippen LogP contribution is -2.52. The Morgan fingerprint density at radius 2 is 2.12 bits per heavy atom. The summed E-state index contributed by atoms with van der Waals surface area (Å²) in [5.41, 5.74) is -0.0840. The number of hydrogen-bond donors (Lipinski definition) is 1. The summed E-state index contributed by atoms with van der Waals surface area (Å²) in [4.78, 5) is 19.9. The predicted molar refractivity (Wildman–Crippen MR) is 96.7 cm³/mol. The van der Waals surface area contributed by atoms with Gasteiger partial charge in [0, 0.05) is 24.0 Å². The quantitative estimate of drug-likeness (QED) is 0.907. The van der Waals surface area contributed by atoms with Gasteiger partial charge >= 0.3 is 6.09 Å². The second kappa shape index (κ2) is 6.25. The van der Waals surface area contributed by atoms with Gasteiger partial charge in [-0.3, -0.25) is 4.90 Å². The van der Waals surface area contributed by atoms with Crippen LogP contribution in [0, 0.1) is 11.3 Å². The highest BCUT2D eigenvalue weighted by molar-refractivity contribution is 5.93. The highest BCUT2D eigenvalue weighted by Crippen LogP contribution is 2.31. The Labute approximate surface area is 147 Å². The molecule has 1 unspecified atom stereocenters. The number of anilines is 1. The Morgan fingerprint density at radius 3 is 2.76 bits per heavy atom. The number of rotatable bonds is 2. The van der Waals surface area contributed by atoms with Crippen LogP contribution in [0.25, 0.3) is 10.8 Å². The van der Waals surface area contributed by atoms with E-state index in [1.165, 1.54) is 4.90 Å². The van der Waals surface area contributed by atoms with Crippen LogP contribution in [0.2, 0.25) is 0 Å². The number of fused-ring (bicyclic) bond motifs is 1. The first kappa shape index (κ1) is 17.0. The van der Waals surface area contributed by atoms with Gasteiger partial charge in [0.1, 0.15) is 17.6 Å². The number of benzene rings is 1. The molecule has 2 heterocycles. The molecule has 1 aliphatic rings. The van der Waals surface area contributed by atoms with Crippen molar-refractivity contribution >= 4 is 22.7 Å². The molecule has 6 heteroatoms. The van der Waals surface area contributed by atoms with Gasteiger partial charge in [0.05, 0.1) is 6.04 Å². The molecule has 1 atom stereocenters. The molecule has 1 N–H and O–H groups in total. The minimum absolute atomic E-state index is 0.0937. The number of pyridine rings is 1. The zero-order valence-electron chi connectivity index (χ0n) is 14.7. The van der Waals surface area contributed by atoms with Crippen LogP contribution in [-0.4, -0.2) is 45.8 Å². The summed E-state index contributed by atoms with van der Waals surface area (Å²) in [5.74, 6) is 0.761. The van der Waals surface area contributed by atoms with Crippen molar-refractivity contribution in [2.45, 2.75) is 38.8 Å². The van der Waals surface area contributed by atoms with Gasteiger partial charge in [-0.1, -0.05) is 24.3 Å². The smallest absolute Gasteiger partial charge is 0.408 e. The fourth-order valence-corrected chi connectivity index (χ4v) is 3.61. The largest absolute Gasteiger partial charge is 0.465 e. The maximum Gasteiger partial charge on any atom is 0.408 e. The van der Waals surface area contributed by atoms with Crippen LogP contribution in [0.15, 0.2) is 30.3 Å². The van der Waals surface area contributed by atoms with Gasteiger partial charge in [-0.25, -0.2) is 9.78 Å². The lowest BCUT2D eigenvalue weighted by molar-refractivity contribution is 0.0763. The maximum atomic E-state index is 11.7. The molecule has 0 saturated carbocycles. The van der Waals surface area contributed by atoms with Gasteiger partial charge in [0.25, 0.3) is 0 Å². The van der Waals surface area contributed by atoms with E-state index in [2.05, 4.69) is 16.0 Å². The zero-order valence-corrected chi connectivity index (χ0v) is 14.7. The highest BCUT2D eigenvalue weighted by Gasteiger charge is 2.37. The first-order chi connectivity index (χ1) is 11.8. The molecule has 130 valence electrons. The lowest BCUT2D eigenvalue weighted by Gasteiger charge is -2.38. The maximum absolute atomic E-state index is 11.7. The second-order valence-corrected chi connectivity index (χ2v) is 7.38. The van der Waals surface area contributed by atoms with Gasteiger partial charge < -0.3 is 10.0 Å². The summed E-state index contributed by atoms with van der Waals surface area (Å²) in [7, 11) is 0. The normalized spacial score (nSPS) is 17.5. The number of carboxylic acid groups (broad SMARTS) is 1. The molecule has 1 aliphatic heterocycles. The molecule has 6 nitrogen and oxygen atoms in total. The van der Waals surface area contributed by atoms with Gasteiger partial charge in [-0.05, 0) is 38.6 Å². The van der Waals surface area contributed by atoms with Crippen molar-refractivity contribution in [2.75, 3.05) is 18.0 Å². The van der Waals surface area contributed by atoms with Gasteiger partial charge in [0.15, 0.2) is 0 Å². The van der Waals surface area contributed by atoms with E-state index in [4.69, 9.17) is 0 Å². The Kier molecular flexibility index (Phi) is 4.25. The molecule has 25 heavy (non-hydrogen) atoms. The number of nitrogens with zero attached hydrogens (tertiary/aromatic N) is 4. The average Bonchev–Trinajstić information content (AvgIpc) is 3.01. The highest BCUT2D eigenvalue weighted by atomic mass is 16.4. The second-order valence-electron chi connectivity index (χ2n) is 7.38. The topological polar surface area (TPSA) is 80.5 Å². The summed E-state index contributed by atoms with van der Waals surface area (Å²) in [6.45, 7) is 7.03. The monoisotopic (exact) mass is 338 g/mol. The van der Waals surface area contributed by atoms with E-state index in [0.29, 0.717) is 12.2 Å². The fraction of sp³-hybridized carbons (Fsp3) is 0.421. The van der Waals surface area contributed by atoms with Crippen LogP contribution in [-0.2, 0) is 0 Å². The van der Waals surface area contributed by atoms with E-state index in [9.17, 15) is 15.2 Å². The summed E-state index contributed by atoms with van der Waals surface area (Å²) < 4.78 is 0. The Hall–Kier alpha value is -2.81. The summed E-state index contributed by atoms with van der Waals surface area (Å²) >= 11 is 0. The molecule has 1 saturated heterocycles. The van der Waals surface area contributed by atoms with Crippen LogP contribution in [0.5, 0.6) is 0 Å². The minimum atomic E-state index is -0.900. The van der Waals surface area contributed by atoms with Crippen LogP contribution in [0.4, 0.5) is 10.6 Å². The molecule has 1 aromatic carbocycles. The first-order valence-electron chi connectivity index (χ1n) is 8.38. The van der Waals surface area contributed by atoms with E-state index in [1.807, 2.05) is 45.0 Å². The van der Waals surface area contributed by atoms with Crippen LogP contribution in [0.1, 0.15) is 32.9 Å². The van der Waals surface area contributed by atoms with Gasteiger partial charge in [-0.2, -0.15) is 5.26 Å². The Morgan fingerprint density at radius 1 is 1.40 bits per heavy atom. The molecular formula is C19H22N4O2. The zero-order chi connectivity index (χ0) is 18.2. The molecule has 0 spiro atoms. The summed E-state index contributed by atoms with van der Waals surface area (Å²) in [6.07, 6.45) is -0.154. The van der Waals surface area contributed by atoms with Gasteiger partial charge in [0.2, 0.25) is 0 Å². The van der Waals surface area contributed by atoms with E-state index in [-0.39, 0.29) is 6.04 Å². The standard InChI is InChI=1S/C19H22N4O2/c1-19(2,3)23(18(24)25)15-8-9-22(12-15)17-16-7-5-4-6-13(16)10-14(11-20)21-17/h4-7,10,15H,8-9,12H2,1-3H3,(H,24,25). The fourth-order valence-electron chi connectivity index (χ4n) is 3.61. The molecule has 0 radical (unpaired) electrons. The average molecular weight is 338 g/mol. The Bertz CT molecular complexity index is 851. The molecule has 3 rings (SSSR count). The molecule has 0 aliphatic carbocycles. The third-order valence-electron chi connectivity index (χ3n) is 4.59. The van der Waals surface area contributed by atoms with Crippen molar-refractivity contribution in [1.82, 2.24) is 9.88 Å². The number of hydrogen-bond acceptors (Lipinski definition) is 4. The van der Waals surface area contributed by atoms with Crippen LogP contribution in [0.3, 0.4) is 0 Å². The van der Waals surface area contributed by atoms with Crippen LogP contribution >= 0.6 is 0 Å². The molecular weight excluding hydrogens is 316 g/mol. The van der Waals surface area contributed by atoms with E-state index in [0.717, 1.165) is 29.6 Å². The van der Waals surface area contributed by atoms with Crippen molar-refractivity contribution in [3.63, 3.8) is 0 Å². The number of nitriles is 1. The summed E-state index contributed by atoms with van der Waals surface area (Å²) in [6, 6.07) is 11.6. The number of amides is 1. The van der Waals surface area contributed by atoms with E-state index in [1.54, 1.807) is 6.07 Å². The summed E-state index contributed by atoms with van der Waals surface area (Å²) in [5, 5.41) is 20.9. The molecule has 1 amide bonds. The van der Waals surface area contributed by atoms with E-state index >= 15 is 0 Å². The van der Waals surface area contributed by atoms with Crippen molar-refractivity contribution in [2.24, 2.45) is 0 Å². The molecule has 1 fully saturated rings. The van der Waals surface area contributed by atoms with Crippen molar-refractivity contribution in [1.29, 1.82) is 5.26 Å². The molecule has 0 bridgehead atoms.